The molecule has 2 atom stereocenters. The summed E-state index contributed by atoms with van der Waals surface area (Å²) in [4.78, 5) is 33.5. The van der Waals surface area contributed by atoms with E-state index in [2.05, 4.69) is 0 Å². The molecule has 0 amide bonds. The van der Waals surface area contributed by atoms with Crippen molar-refractivity contribution >= 4 is 17.3 Å². The van der Waals surface area contributed by atoms with Crippen LogP contribution in [0.4, 0.5) is 4.39 Å². The van der Waals surface area contributed by atoms with Crippen LogP contribution < -0.4 is 0 Å². The Bertz CT molecular complexity index is 495. The molecule has 0 bridgehead atoms. The van der Waals surface area contributed by atoms with Gasteiger partial charge in [0.2, 0.25) is 11.6 Å². The van der Waals surface area contributed by atoms with Crippen LogP contribution in [0.2, 0.25) is 0 Å². The van der Waals surface area contributed by atoms with Crippen molar-refractivity contribution in [1.29, 1.82) is 0 Å². The number of ketones is 3. The molecular weight excluding hydrogens is 215 g/mol. The fraction of sp³-hybridized carbons (Fsp3) is 0.182. The van der Waals surface area contributed by atoms with Crippen molar-refractivity contribution in [3.8, 4) is 0 Å². The van der Waals surface area contributed by atoms with Crippen LogP contribution >= 0.6 is 0 Å². The predicted octanol–water partition coefficient (Wildman–Crippen LogP) is -0.00890. The van der Waals surface area contributed by atoms with Gasteiger partial charge in [0.05, 0.1) is 5.92 Å². The Morgan fingerprint density at radius 3 is 2.19 bits per heavy atom. The standard InChI is InChI=1S/C11H7FO4/c12-6-4-2-1-3-5(6)7-8(13)10(15)11(16)9(7)14/h1-4,7-8,13H. The molecule has 2 rings (SSSR count). The Kier molecular flexibility index (Phi) is 2.40. The van der Waals surface area contributed by atoms with E-state index in [1.54, 1.807) is 0 Å². The third kappa shape index (κ3) is 1.37. The van der Waals surface area contributed by atoms with Crippen molar-refractivity contribution in [2.75, 3.05) is 0 Å². The van der Waals surface area contributed by atoms with Crippen LogP contribution in [0.1, 0.15) is 11.5 Å². The molecule has 1 aliphatic rings. The van der Waals surface area contributed by atoms with Crippen LogP contribution in [-0.2, 0) is 14.4 Å². The van der Waals surface area contributed by atoms with Gasteiger partial charge in [0, 0.05) is 5.56 Å². The van der Waals surface area contributed by atoms with Crippen LogP contribution in [-0.4, -0.2) is 28.6 Å². The maximum absolute atomic E-state index is 13.4. The summed E-state index contributed by atoms with van der Waals surface area (Å²) in [5.74, 6) is -5.61. The second-order valence-electron chi connectivity index (χ2n) is 3.50. The molecule has 82 valence electrons. The van der Waals surface area contributed by atoms with Crippen molar-refractivity contribution in [2.45, 2.75) is 12.0 Å². The van der Waals surface area contributed by atoms with Crippen LogP contribution in [0.5, 0.6) is 0 Å². The molecule has 1 saturated carbocycles. The van der Waals surface area contributed by atoms with Crippen molar-refractivity contribution < 1.29 is 23.9 Å². The van der Waals surface area contributed by atoms with Crippen LogP contribution in [0.3, 0.4) is 0 Å². The van der Waals surface area contributed by atoms with Crippen molar-refractivity contribution in [3.63, 3.8) is 0 Å². The highest BCUT2D eigenvalue weighted by atomic mass is 19.1. The molecule has 0 saturated heterocycles. The molecule has 1 aromatic rings. The summed E-state index contributed by atoms with van der Waals surface area (Å²) in [7, 11) is 0. The van der Waals surface area contributed by atoms with Crippen molar-refractivity contribution in [3.05, 3.63) is 35.6 Å². The van der Waals surface area contributed by atoms with Crippen LogP contribution in [0.25, 0.3) is 0 Å². The zero-order valence-corrected chi connectivity index (χ0v) is 8.01. The average Bonchev–Trinajstić information content (AvgIpc) is 2.45. The first-order valence-corrected chi connectivity index (χ1v) is 4.59. The first-order chi connectivity index (χ1) is 7.54. The predicted molar refractivity (Wildman–Crippen MR) is 50.2 cm³/mol. The second-order valence-corrected chi connectivity index (χ2v) is 3.50. The average molecular weight is 222 g/mol. The number of halogens is 1. The third-order valence-electron chi connectivity index (χ3n) is 2.55. The summed E-state index contributed by atoms with van der Waals surface area (Å²) >= 11 is 0. The molecule has 0 aromatic heterocycles. The topological polar surface area (TPSA) is 71.4 Å². The first-order valence-electron chi connectivity index (χ1n) is 4.59. The minimum Gasteiger partial charge on any atom is -0.384 e. The number of hydrogen-bond donors (Lipinski definition) is 1. The Balaban J connectivity index is 2.50. The maximum atomic E-state index is 13.4. The van der Waals surface area contributed by atoms with Gasteiger partial charge in [0.25, 0.3) is 5.78 Å². The van der Waals surface area contributed by atoms with E-state index in [1.165, 1.54) is 18.2 Å². The van der Waals surface area contributed by atoms with E-state index in [0.29, 0.717) is 0 Å². The lowest BCUT2D eigenvalue weighted by Gasteiger charge is -2.11. The number of hydrogen-bond acceptors (Lipinski definition) is 4. The molecule has 1 N–H and O–H groups in total. The zero-order chi connectivity index (χ0) is 11.9. The molecule has 4 nitrogen and oxygen atoms in total. The molecule has 1 aromatic carbocycles. The monoisotopic (exact) mass is 222 g/mol. The van der Waals surface area contributed by atoms with Gasteiger partial charge in [-0.05, 0) is 6.07 Å². The number of rotatable bonds is 1. The molecular formula is C11H7FO4. The summed E-state index contributed by atoms with van der Waals surface area (Å²) in [5.41, 5.74) is -0.126. The number of benzene rings is 1. The Morgan fingerprint density at radius 1 is 1.06 bits per heavy atom. The van der Waals surface area contributed by atoms with E-state index >= 15 is 0 Å². The molecule has 16 heavy (non-hydrogen) atoms. The van der Waals surface area contributed by atoms with Gasteiger partial charge in [0.1, 0.15) is 11.9 Å². The zero-order valence-electron chi connectivity index (χ0n) is 8.01. The quantitative estimate of drug-likeness (QED) is 0.678. The number of aliphatic hydroxyl groups excluding tert-OH is 1. The van der Waals surface area contributed by atoms with Gasteiger partial charge in [-0.3, -0.25) is 14.4 Å². The third-order valence-corrected chi connectivity index (χ3v) is 2.55. The van der Waals surface area contributed by atoms with Gasteiger partial charge in [0.15, 0.2) is 0 Å². The summed E-state index contributed by atoms with van der Waals surface area (Å²) in [6, 6.07) is 5.25. The van der Waals surface area contributed by atoms with Gasteiger partial charge in [-0.15, -0.1) is 0 Å². The molecule has 2 unspecified atom stereocenters. The summed E-state index contributed by atoms with van der Waals surface area (Å²) in [6.07, 6.45) is -1.77. The summed E-state index contributed by atoms with van der Waals surface area (Å²) < 4.78 is 13.4. The first kappa shape index (κ1) is 10.6. The SMILES string of the molecule is O=C1C(=O)C(O)C(c2ccccc2F)C1=O. The lowest BCUT2D eigenvalue weighted by Crippen LogP contribution is -2.22. The molecule has 5 heteroatoms. The van der Waals surface area contributed by atoms with Gasteiger partial charge in [-0.25, -0.2) is 4.39 Å². The highest BCUT2D eigenvalue weighted by Gasteiger charge is 2.49. The number of carbonyl (C=O) groups is 3. The Hall–Kier alpha value is -1.88. The normalized spacial score (nSPS) is 25.2. The highest BCUT2D eigenvalue weighted by Crippen LogP contribution is 2.29. The lowest BCUT2D eigenvalue weighted by molar-refractivity contribution is -0.141. The van der Waals surface area contributed by atoms with Crippen molar-refractivity contribution in [1.82, 2.24) is 0 Å². The lowest BCUT2D eigenvalue weighted by atomic mass is 9.94. The van der Waals surface area contributed by atoms with E-state index < -0.39 is 35.2 Å². The fourth-order valence-corrected chi connectivity index (χ4v) is 1.73. The molecule has 0 heterocycles. The van der Waals surface area contributed by atoms with Gasteiger partial charge >= 0.3 is 0 Å². The Morgan fingerprint density at radius 2 is 1.69 bits per heavy atom. The van der Waals surface area contributed by atoms with E-state index in [9.17, 15) is 23.9 Å². The van der Waals surface area contributed by atoms with E-state index in [4.69, 9.17) is 0 Å². The molecule has 1 aliphatic carbocycles. The summed E-state index contributed by atoms with van der Waals surface area (Å²) in [5, 5.41) is 9.42. The van der Waals surface area contributed by atoms with E-state index in [1.807, 2.05) is 0 Å². The van der Waals surface area contributed by atoms with Crippen LogP contribution in [0, 0.1) is 5.82 Å². The molecule has 0 radical (unpaired) electrons. The Labute approximate surface area is 89.7 Å². The van der Waals surface area contributed by atoms with Gasteiger partial charge in [-0.1, -0.05) is 18.2 Å². The minimum absolute atomic E-state index is 0.126. The van der Waals surface area contributed by atoms with E-state index in [0.717, 1.165) is 6.07 Å². The smallest absolute Gasteiger partial charge is 0.267 e. The van der Waals surface area contributed by atoms with Crippen molar-refractivity contribution in [2.24, 2.45) is 0 Å². The molecule has 0 aliphatic heterocycles. The van der Waals surface area contributed by atoms with E-state index in [-0.39, 0.29) is 5.56 Å². The van der Waals surface area contributed by atoms with Gasteiger partial charge in [-0.2, -0.15) is 0 Å². The van der Waals surface area contributed by atoms with Gasteiger partial charge < -0.3 is 5.11 Å². The minimum atomic E-state index is -1.77. The molecule has 0 spiro atoms. The van der Waals surface area contributed by atoms with Crippen LogP contribution in [0.15, 0.2) is 24.3 Å². The number of aliphatic hydroxyl groups is 1. The summed E-state index contributed by atoms with van der Waals surface area (Å²) in [6.45, 7) is 0. The fourth-order valence-electron chi connectivity index (χ4n) is 1.73. The maximum Gasteiger partial charge on any atom is 0.267 e. The largest absolute Gasteiger partial charge is 0.384 e. The second kappa shape index (κ2) is 3.61. The number of Topliss-reactive ketones (excluding diaryl/α,β-unsaturated/α-hetero) is 3. The highest BCUT2D eigenvalue weighted by molar-refractivity contribution is 6.69. The number of carbonyl (C=O) groups excluding carboxylic acids is 3. The molecule has 1 fully saturated rings.